The zero-order valence-corrected chi connectivity index (χ0v) is 17.1. The Morgan fingerprint density at radius 3 is 2.56 bits per heavy atom. The monoisotopic (exact) mass is 389 g/mol. The Balaban J connectivity index is 0.00000288. The fourth-order valence-electron chi connectivity index (χ4n) is 3.17. The number of carbonyl (C=O) groups excluding carboxylic acids is 1. The van der Waals surface area contributed by atoms with Gasteiger partial charge in [-0.15, -0.1) is 24.8 Å². The molecular formula is C19H33Cl2N3O. The third-order valence-electron chi connectivity index (χ3n) is 4.58. The van der Waals surface area contributed by atoms with Gasteiger partial charge < -0.3 is 16.0 Å². The summed E-state index contributed by atoms with van der Waals surface area (Å²) in [6.45, 7) is 9.23. The highest BCUT2D eigenvalue weighted by atomic mass is 35.5. The molecule has 1 aliphatic rings. The fourth-order valence-corrected chi connectivity index (χ4v) is 3.17. The Labute approximate surface area is 164 Å². The van der Waals surface area contributed by atoms with Crippen LogP contribution in [0.5, 0.6) is 0 Å². The minimum absolute atomic E-state index is 0. The van der Waals surface area contributed by atoms with E-state index in [0.29, 0.717) is 18.9 Å². The van der Waals surface area contributed by atoms with Gasteiger partial charge in [0, 0.05) is 24.5 Å². The Morgan fingerprint density at radius 1 is 1.28 bits per heavy atom. The van der Waals surface area contributed by atoms with E-state index in [1.165, 1.54) is 12.0 Å². The zero-order chi connectivity index (χ0) is 16.7. The molecule has 2 unspecified atom stereocenters. The average Bonchev–Trinajstić information content (AvgIpc) is 3.05. The number of benzene rings is 1. The van der Waals surface area contributed by atoms with Crippen LogP contribution in [0.1, 0.15) is 51.6 Å². The molecular weight excluding hydrogens is 357 g/mol. The van der Waals surface area contributed by atoms with E-state index in [4.69, 9.17) is 0 Å². The van der Waals surface area contributed by atoms with Crippen molar-refractivity contribution in [2.75, 3.05) is 19.6 Å². The number of halogens is 2. The summed E-state index contributed by atoms with van der Waals surface area (Å²) in [5.74, 6) is 0.837. The summed E-state index contributed by atoms with van der Waals surface area (Å²) >= 11 is 0. The molecule has 3 N–H and O–H groups in total. The van der Waals surface area contributed by atoms with Crippen LogP contribution < -0.4 is 16.0 Å². The molecule has 0 spiro atoms. The first kappa shape index (κ1) is 24.2. The highest BCUT2D eigenvalue weighted by Gasteiger charge is 2.22. The summed E-state index contributed by atoms with van der Waals surface area (Å²) < 4.78 is 0. The fraction of sp³-hybridized carbons (Fsp3) is 0.632. The molecule has 0 bridgehead atoms. The Morgan fingerprint density at radius 2 is 1.96 bits per heavy atom. The molecule has 0 aliphatic carbocycles. The second-order valence-corrected chi connectivity index (χ2v) is 7.33. The van der Waals surface area contributed by atoms with Crippen LogP contribution in [-0.2, 0) is 4.79 Å². The van der Waals surface area contributed by atoms with Gasteiger partial charge in [-0.25, -0.2) is 0 Å². The number of hydrogen-bond acceptors (Lipinski definition) is 3. The van der Waals surface area contributed by atoms with Gasteiger partial charge in [0.2, 0.25) is 5.91 Å². The highest BCUT2D eigenvalue weighted by molar-refractivity contribution is 5.85. The van der Waals surface area contributed by atoms with Crippen LogP contribution in [0.15, 0.2) is 30.3 Å². The zero-order valence-electron chi connectivity index (χ0n) is 15.5. The molecule has 25 heavy (non-hydrogen) atoms. The van der Waals surface area contributed by atoms with E-state index in [1.807, 2.05) is 6.07 Å². The molecule has 6 heteroatoms. The molecule has 1 saturated heterocycles. The van der Waals surface area contributed by atoms with Crippen LogP contribution in [0.3, 0.4) is 0 Å². The summed E-state index contributed by atoms with van der Waals surface area (Å²) in [7, 11) is 0. The summed E-state index contributed by atoms with van der Waals surface area (Å²) in [4.78, 5) is 12.0. The molecule has 0 radical (unpaired) electrons. The number of amides is 1. The van der Waals surface area contributed by atoms with E-state index in [1.54, 1.807) is 0 Å². The summed E-state index contributed by atoms with van der Waals surface area (Å²) in [6.07, 6.45) is 2.83. The van der Waals surface area contributed by atoms with Crippen molar-refractivity contribution in [1.82, 2.24) is 16.0 Å². The first-order valence-corrected chi connectivity index (χ1v) is 8.76. The van der Waals surface area contributed by atoms with Gasteiger partial charge in [0.25, 0.3) is 0 Å². The quantitative estimate of drug-likeness (QED) is 0.637. The van der Waals surface area contributed by atoms with Crippen LogP contribution in [0.25, 0.3) is 0 Å². The summed E-state index contributed by atoms with van der Waals surface area (Å²) in [5.41, 5.74) is 1.13. The third kappa shape index (κ3) is 8.91. The molecule has 144 valence electrons. The van der Waals surface area contributed by atoms with Gasteiger partial charge in [-0.3, -0.25) is 4.79 Å². The smallest absolute Gasteiger partial charge is 0.220 e. The number of carbonyl (C=O) groups is 1. The molecule has 1 aromatic carbocycles. The Bertz CT molecular complexity index is 491. The molecule has 1 aromatic rings. The van der Waals surface area contributed by atoms with E-state index in [9.17, 15) is 4.79 Å². The average molecular weight is 390 g/mol. The van der Waals surface area contributed by atoms with E-state index >= 15 is 0 Å². The molecule has 0 saturated carbocycles. The molecule has 2 atom stereocenters. The summed E-state index contributed by atoms with van der Waals surface area (Å²) in [6, 6.07) is 10.7. The minimum Gasteiger partial charge on any atom is -0.354 e. The second kappa shape index (κ2) is 11.7. The van der Waals surface area contributed by atoms with Crippen LogP contribution >= 0.6 is 24.8 Å². The van der Waals surface area contributed by atoms with E-state index in [2.05, 4.69) is 61.0 Å². The van der Waals surface area contributed by atoms with Crippen molar-refractivity contribution < 1.29 is 4.79 Å². The standard InChI is InChI=1S/C19H31N3O.2ClH/c1-15(17-7-5-4-6-8-17)22-19(2,3)14-21-18(23)10-9-16-11-12-20-13-16;;/h4-8,15-16,20,22H,9-14H2,1-3H3,(H,21,23);2*1H. The molecule has 4 nitrogen and oxygen atoms in total. The van der Waals surface area contributed by atoms with Crippen molar-refractivity contribution in [3.63, 3.8) is 0 Å². The molecule has 1 fully saturated rings. The normalized spacial score (nSPS) is 18.0. The van der Waals surface area contributed by atoms with Crippen LogP contribution in [0.4, 0.5) is 0 Å². The first-order valence-electron chi connectivity index (χ1n) is 8.76. The van der Waals surface area contributed by atoms with Crippen LogP contribution in [-0.4, -0.2) is 31.1 Å². The molecule has 1 heterocycles. The topological polar surface area (TPSA) is 53.2 Å². The number of rotatable bonds is 8. The van der Waals surface area contributed by atoms with Gasteiger partial charge in [-0.1, -0.05) is 30.3 Å². The first-order chi connectivity index (χ1) is 11.0. The number of nitrogens with one attached hydrogen (secondary N) is 3. The molecule has 1 amide bonds. The number of hydrogen-bond donors (Lipinski definition) is 3. The highest BCUT2D eigenvalue weighted by Crippen LogP contribution is 2.16. The van der Waals surface area contributed by atoms with Gasteiger partial charge >= 0.3 is 0 Å². The van der Waals surface area contributed by atoms with E-state index in [-0.39, 0.29) is 42.3 Å². The van der Waals surface area contributed by atoms with Gasteiger partial charge in [-0.05, 0) is 58.2 Å². The molecule has 1 aliphatic heterocycles. The maximum Gasteiger partial charge on any atom is 0.220 e. The third-order valence-corrected chi connectivity index (χ3v) is 4.58. The lowest BCUT2D eigenvalue weighted by molar-refractivity contribution is -0.121. The van der Waals surface area contributed by atoms with Crippen molar-refractivity contribution in [2.45, 2.75) is 51.6 Å². The summed E-state index contributed by atoms with van der Waals surface area (Å²) in [5, 5.41) is 10.0. The minimum atomic E-state index is -0.139. The van der Waals surface area contributed by atoms with Crippen molar-refractivity contribution >= 4 is 30.7 Å². The maximum atomic E-state index is 12.0. The van der Waals surface area contributed by atoms with Crippen LogP contribution in [0.2, 0.25) is 0 Å². The van der Waals surface area contributed by atoms with Crippen molar-refractivity contribution in [3.8, 4) is 0 Å². The lowest BCUT2D eigenvalue weighted by Gasteiger charge is -2.31. The second-order valence-electron chi connectivity index (χ2n) is 7.33. The van der Waals surface area contributed by atoms with E-state index < -0.39 is 0 Å². The van der Waals surface area contributed by atoms with E-state index in [0.717, 1.165) is 19.5 Å². The van der Waals surface area contributed by atoms with Gasteiger partial charge in [0.05, 0.1) is 0 Å². The Hall–Kier alpha value is -0.810. The van der Waals surface area contributed by atoms with Crippen LogP contribution in [0, 0.1) is 5.92 Å². The Kier molecular flexibility index (Phi) is 11.4. The van der Waals surface area contributed by atoms with Crippen molar-refractivity contribution in [3.05, 3.63) is 35.9 Å². The SMILES string of the molecule is CC(NC(C)(C)CNC(=O)CCC1CCNC1)c1ccccc1.Cl.Cl. The lowest BCUT2D eigenvalue weighted by Crippen LogP contribution is -2.49. The molecule has 0 aromatic heterocycles. The predicted octanol–water partition coefficient (Wildman–Crippen LogP) is 3.47. The van der Waals surface area contributed by atoms with Gasteiger partial charge in [0.1, 0.15) is 0 Å². The van der Waals surface area contributed by atoms with Gasteiger partial charge in [-0.2, -0.15) is 0 Å². The van der Waals surface area contributed by atoms with Crippen molar-refractivity contribution in [2.24, 2.45) is 5.92 Å². The van der Waals surface area contributed by atoms with Crippen molar-refractivity contribution in [1.29, 1.82) is 0 Å². The maximum absolute atomic E-state index is 12.0. The lowest BCUT2D eigenvalue weighted by atomic mass is 10.00. The predicted molar refractivity (Wildman–Crippen MR) is 110 cm³/mol. The van der Waals surface area contributed by atoms with Gasteiger partial charge in [0.15, 0.2) is 0 Å². The largest absolute Gasteiger partial charge is 0.354 e. The molecule has 2 rings (SSSR count).